The van der Waals surface area contributed by atoms with E-state index in [1.807, 2.05) is 20.8 Å². The van der Waals surface area contributed by atoms with Crippen LogP contribution in [0.15, 0.2) is 0 Å². The molecule has 5 nitrogen and oxygen atoms in total. The van der Waals surface area contributed by atoms with Crippen LogP contribution >= 0.6 is 0 Å². The van der Waals surface area contributed by atoms with Crippen LogP contribution in [0.5, 0.6) is 0 Å². The third kappa shape index (κ3) is 4.29. The van der Waals surface area contributed by atoms with Crippen LogP contribution in [0.3, 0.4) is 0 Å². The van der Waals surface area contributed by atoms with Gasteiger partial charge >= 0.3 is 0 Å². The highest BCUT2D eigenvalue weighted by Gasteiger charge is 2.30. The largest absolute Gasteiger partial charge is 0.354 e. The standard InChI is InChI=1S/C13H25N3O2/c1-8(2)5-15-12(17)10(4)16-13(18)11-7-14-6-9(11)3/h8-11,14H,5-7H2,1-4H3,(H,15,17)(H,16,18)/t9-,10?,11-/m1/s1. The molecule has 0 aromatic carbocycles. The van der Waals surface area contributed by atoms with Crippen LogP contribution in [0.25, 0.3) is 0 Å². The summed E-state index contributed by atoms with van der Waals surface area (Å²) in [4.78, 5) is 23.7. The summed E-state index contributed by atoms with van der Waals surface area (Å²) in [7, 11) is 0. The molecule has 1 saturated heterocycles. The minimum absolute atomic E-state index is 0.0228. The topological polar surface area (TPSA) is 70.2 Å². The van der Waals surface area contributed by atoms with Crippen LogP contribution in [-0.4, -0.2) is 37.5 Å². The van der Waals surface area contributed by atoms with Crippen molar-refractivity contribution in [3.8, 4) is 0 Å². The molecule has 0 radical (unpaired) electrons. The van der Waals surface area contributed by atoms with Gasteiger partial charge in [0, 0.05) is 13.1 Å². The summed E-state index contributed by atoms with van der Waals surface area (Å²) >= 11 is 0. The van der Waals surface area contributed by atoms with Crippen LogP contribution in [0.2, 0.25) is 0 Å². The predicted molar refractivity (Wildman–Crippen MR) is 71.0 cm³/mol. The van der Waals surface area contributed by atoms with Gasteiger partial charge in [0.25, 0.3) is 0 Å². The molecule has 3 N–H and O–H groups in total. The molecular formula is C13H25N3O2. The number of hydrogen-bond acceptors (Lipinski definition) is 3. The zero-order chi connectivity index (χ0) is 13.7. The van der Waals surface area contributed by atoms with Gasteiger partial charge in [-0.1, -0.05) is 20.8 Å². The van der Waals surface area contributed by atoms with E-state index in [1.165, 1.54) is 0 Å². The highest BCUT2D eigenvalue weighted by molar-refractivity contribution is 5.88. The molecule has 0 aromatic rings. The maximum absolute atomic E-state index is 12.0. The van der Waals surface area contributed by atoms with Crippen LogP contribution in [-0.2, 0) is 9.59 Å². The van der Waals surface area contributed by atoms with Crippen LogP contribution in [0, 0.1) is 17.8 Å². The second kappa shape index (κ2) is 6.73. The van der Waals surface area contributed by atoms with Crippen molar-refractivity contribution in [3.05, 3.63) is 0 Å². The van der Waals surface area contributed by atoms with E-state index in [0.29, 0.717) is 24.9 Å². The number of carbonyl (C=O) groups excluding carboxylic acids is 2. The average molecular weight is 255 g/mol. The highest BCUT2D eigenvalue weighted by Crippen LogP contribution is 2.15. The molecule has 1 rings (SSSR count). The fraction of sp³-hybridized carbons (Fsp3) is 0.846. The molecule has 0 bridgehead atoms. The third-order valence-electron chi connectivity index (χ3n) is 3.29. The number of hydrogen-bond donors (Lipinski definition) is 3. The highest BCUT2D eigenvalue weighted by atomic mass is 16.2. The molecule has 1 unspecified atom stereocenters. The number of rotatable bonds is 5. The first kappa shape index (κ1) is 15.0. The maximum Gasteiger partial charge on any atom is 0.242 e. The summed E-state index contributed by atoms with van der Waals surface area (Å²) in [5.74, 6) is 0.576. The first-order valence-corrected chi connectivity index (χ1v) is 6.70. The lowest BCUT2D eigenvalue weighted by Gasteiger charge is -2.19. The Morgan fingerprint density at radius 3 is 2.44 bits per heavy atom. The molecule has 1 aliphatic rings. The molecule has 0 saturated carbocycles. The second-order valence-electron chi connectivity index (χ2n) is 5.61. The Labute approximate surface area is 109 Å². The lowest BCUT2D eigenvalue weighted by Crippen LogP contribution is -2.48. The van der Waals surface area contributed by atoms with Gasteiger partial charge in [-0.2, -0.15) is 0 Å². The minimum Gasteiger partial charge on any atom is -0.354 e. The fourth-order valence-corrected chi connectivity index (χ4v) is 2.00. The predicted octanol–water partition coefficient (Wildman–Crippen LogP) is 0.119. The molecule has 0 aromatic heterocycles. The lowest BCUT2D eigenvalue weighted by molar-refractivity contribution is -0.131. The summed E-state index contributed by atoms with van der Waals surface area (Å²) in [5, 5.41) is 8.79. The van der Waals surface area contributed by atoms with E-state index in [-0.39, 0.29) is 17.7 Å². The zero-order valence-electron chi connectivity index (χ0n) is 11.7. The van der Waals surface area contributed by atoms with E-state index in [0.717, 1.165) is 6.54 Å². The summed E-state index contributed by atoms with van der Waals surface area (Å²) in [6, 6.07) is -0.468. The number of nitrogens with one attached hydrogen (secondary N) is 3. The van der Waals surface area contributed by atoms with Gasteiger partial charge < -0.3 is 16.0 Å². The summed E-state index contributed by atoms with van der Waals surface area (Å²) in [6.45, 7) is 10.1. The Morgan fingerprint density at radius 1 is 1.28 bits per heavy atom. The zero-order valence-corrected chi connectivity index (χ0v) is 11.7. The second-order valence-corrected chi connectivity index (χ2v) is 5.61. The van der Waals surface area contributed by atoms with Crippen molar-refractivity contribution in [2.24, 2.45) is 17.8 Å². The Morgan fingerprint density at radius 2 is 1.94 bits per heavy atom. The van der Waals surface area contributed by atoms with Crippen LogP contribution in [0.1, 0.15) is 27.7 Å². The molecule has 1 heterocycles. The molecule has 5 heteroatoms. The van der Waals surface area contributed by atoms with Crippen molar-refractivity contribution < 1.29 is 9.59 Å². The SMILES string of the molecule is CC(C)CNC(=O)C(C)NC(=O)[C@@H]1CNC[C@H]1C. The van der Waals surface area contributed by atoms with Gasteiger partial charge in [-0.25, -0.2) is 0 Å². The van der Waals surface area contributed by atoms with Gasteiger partial charge in [0.15, 0.2) is 0 Å². The van der Waals surface area contributed by atoms with E-state index in [9.17, 15) is 9.59 Å². The molecular weight excluding hydrogens is 230 g/mol. The van der Waals surface area contributed by atoms with Crippen molar-refractivity contribution in [1.82, 2.24) is 16.0 Å². The molecule has 104 valence electrons. The number of amides is 2. The van der Waals surface area contributed by atoms with E-state index in [2.05, 4.69) is 16.0 Å². The summed E-state index contributed by atoms with van der Waals surface area (Å²) in [5.41, 5.74) is 0. The quantitative estimate of drug-likeness (QED) is 0.653. The normalized spacial score (nSPS) is 24.9. The van der Waals surface area contributed by atoms with Crippen LogP contribution in [0.4, 0.5) is 0 Å². The summed E-state index contributed by atoms with van der Waals surface area (Å²) < 4.78 is 0. The van der Waals surface area contributed by atoms with Crippen LogP contribution < -0.4 is 16.0 Å². The van der Waals surface area contributed by atoms with Gasteiger partial charge in [-0.15, -0.1) is 0 Å². The monoisotopic (exact) mass is 255 g/mol. The van der Waals surface area contributed by atoms with Crippen molar-refractivity contribution in [1.29, 1.82) is 0 Å². The molecule has 0 aliphatic carbocycles. The van der Waals surface area contributed by atoms with E-state index in [1.54, 1.807) is 6.92 Å². The van der Waals surface area contributed by atoms with Gasteiger partial charge in [0.1, 0.15) is 6.04 Å². The van der Waals surface area contributed by atoms with E-state index < -0.39 is 6.04 Å². The first-order valence-electron chi connectivity index (χ1n) is 6.70. The smallest absolute Gasteiger partial charge is 0.242 e. The summed E-state index contributed by atoms with van der Waals surface area (Å²) in [6.07, 6.45) is 0. The third-order valence-corrected chi connectivity index (χ3v) is 3.29. The Balaban J connectivity index is 2.36. The maximum atomic E-state index is 12.0. The Kier molecular flexibility index (Phi) is 5.59. The van der Waals surface area contributed by atoms with Crippen molar-refractivity contribution >= 4 is 11.8 Å². The van der Waals surface area contributed by atoms with E-state index in [4.69, 9.17) is 0 Å². The minimum atomic E-state index is -0.468. The molecule has 3 atom stereocenters. The Bertz CT molecular complexity index is 305. The van der Waals surface area contributed by atoms with Gasteiger partial charge in [0.2, 0.25) is 11.8 Å². The van der Waals surface area contributed by atoms with Gasteiger partial charge in [-0.05, 0) is 25.3 Å². The molecule has 1 fully saturated rings. The average Bonchev–Trinajstić information content (AvgIpc) is 2.72. The fourth-order valence-electron chi connectivity index (χ4n) is 2.00. The van der Waals surface area contributed by atoms with Gasteiger partial charge in [0.05, 0.1) is 5.92 Å². The molecule has 0 spiro atoms. The first-order chi connectivity index (χ1) is 8.41. The molecule has 1 aliphatic heterocycles. The number of carbonyl (C=O) groups is 2. The van der Waals surface area contributed by atoms with E-state index >= 15 is 0 Å². The van der Waals surface area contributed by atoms with Crippen molar-refractivity contribution in [2.75, 3.05) is 19.6 Å². The molecule has 18 heavy (non-hydrogen) atoms. The van der Waals surface area contributed by atoms with Crippen molar-refractivity contribution in [3.63, 3.8) is 0 Å². The van der Waals surface area contributed by atoms with Crippen molar-refractivity contribution in [2.45, 2.75) is 33.7 Å². The molecule has 2 amide bonds. The Hall–Kier alpha value is -1.10. The lowest BCUT2D eigenvalue weighted by atomic mass is 9.97. The van der Waals surface area contributed by atoms with Gasteiger partial charge in [-0.3, -0.25) is 9.59 Å².